The molecule has 2 unspecified atom stereocenters. The third-order valence-electron chi connectivity index (χ3n) is 2.80. The van der Waals surface area contributed by atoms with E-state index in [9.17, 15) is 10.4 Å². The van der Waals surface area contributed by atoms with Gasteiger partial charge in [0.05, 0.1) is 17.7 Å². The van der Waals surface area contributed by atoms with Crippen molar-refractivity contribution in [1.82, 2.24) is 5.32 Å². The average molecular weight is 313 g/mol. The molecule has 0 saturated heterocycles. The van der Waals surface area contributed by atoms with Gasteiger partial charge in [0.15, 0.2) is 11.5 Å². The molecule has 0 bridgehead atoms. The van der Waals surface area contributed by atoms with Crippen LogP contribution in [0.4, 0.5) is 0 Å². The summed E-state index contributed by atoms with van der Waals surface area (Å²) in [5, 5.41) is 22.2. The first-order valence-corrected chi connectivity index (χ1v) is 6.54. The summed E-state index contributed by atoms with van der Waals surface area (Å²) >= 11 is 3.25. The molecule has 0 saturated carbocycles. The van der Waals surface area contributed by atoms with Gasteiger partial charge in [-0.1, -0.05) is 6.92 Å². The van der Waals surface area contributed by atoms with E-state index in [1.165, 1.54) is 7.11 Å². The Morgan fingerprint density at radius 3 is 2.72 bits per heavy atom. The van der Waals surface area contributed by atoms with Crippen molar-refractivity contribution in [3.8, 4) is 17.6 Å². The maximum absolute atomic E-state index is 9.73. The van der Waals surface area contributed by atoms with Gasteiger partial charge in [0.2, 0.25) is 0 Å². The summed E-state index contributed by atoms with van der Waals surface area (Å²) in [6, 6.07) is 5.42. The van der Waals surface area contributed by atoms with Crippen molar-refractivity contribution >= 4 is 15.9 Å². The number of benzene rings is 1. The highest BCUT2D eigenvalue weighted by Crippen LogP contribution is 2.36. The Morgan fingerprint density at radius 1 is 1.56 bits per heavy atom. The number of phenols is 1. The maximum atomic E-state index is 9.73. The molecule has 18 heavy (non-hydrogen) atoms. The molecule has 2 atom stereocenters. The van der Waals surface area contributed by atoms with Crippen LogP contribution in [0.2, 0.25) is 0 Å². The zero-order valence-corrected chi connectivity index (χ0v) is 12.3. The predicted molar refractivity (Wildman–Crippen MR) is 73.6 cm³/mol. The molecular weight excluding hydrogens is 296 g/mol. The topological polar surface area (TPSA) is 65.3 Å². The number of aromatic hydroxyl groups is 1. The highest BCUT2D eigenvalue weighted by Gasteiger charge is 2.17. The minimum atomic E-state index is -0.425. The number of rotatable bonds is 5. The van der Waals surface area contributed by atoms with Crippen molar-refractivity contribution < 1.29 is 9.84 Å². The Balaban J connectivity index is 3.07. The van der Waals surface area contributed by atoms with Crippen LogP contribution >= 0.6 is 15.9 Å². The number of hydrogen-bond donors (Lipinski definition) is 2. The molecule has 98 valence electrons. The lowest BCUT2D eigenvalue weighted by atomic mass is 10.1. The molecule has 5 heteroatoms. The summed E-state index contributed by atoms with van der Waals surface area (Å²) in [5.74, 6) is 0.395. The molecule has 0 spiro atoms. The van der Waals surface area contributed by atoms with E-state index in [-0.39, 0.29) is 11.8 Å². The van der Waals surface area contributed by atoms with E-state index in [0.29, 0.717) is 10.2 Å². The van der Waals surface area contributed by atoms with Crippen molar-refractivity contribution in [2.45, 2.75) is 32.4 Å². The molecule has 0 aliphatic heterocycles. The van der Waals surface area contributed by atoms with E-state index in [4.69, 9.17) is 4.74 Å². The second kappa shape index (κ2) is 6.62. The minimum Gasteiger partial charge on any atom is -0.503 e. The van der Waals surface area contributed by atoms with Gasteiger partial charge in [0.25, 0.3) is 0 Å². The van der Waals surface area contributed by atoms with Crippen molar-refractivity contribution in [1.29, 1.82) is 5.26 Å². The van der Waals surface area contributed by atoms with Gasteiger partial charge in [0.1, 0.15) is 6.04 Å². The normalized spacial score (nSPS) is 13.7. The van der Waals surface area contributed by atoms with Gasteiger partial charge in [-0.05, 0) is 47.0 Å². The molecule has 1 rings (SSSR count). The summed E-state index contributed by atoms with van der Waals surface area (Å²) in [6.45, 7) is 4.08. The fourth-order valence-corrected chi connectivity index (χ4v) is 1.99. The molecule has 1 aromatic carbocycles. The monoisotopic (exact) mass is 312 g/mol. The van der Waals surface area contributed by atoms with Crippen LogP contribution < -0.4 is 10.1 Å². The summed E-state index contributed by atoms with van der Waals surface area (Å²) in [4.78, 5) is 0. The molecule has 0 aliphatic rings. The first-order valence-electron chi connectivity index (χ1n) is 5.75. The van der Waals surface area contributed by atoms with E-state index >= 15 is 0 Å². The number of hydrogen-bond acceptors (Lipinski definition) is 4. The first kappa shape index (κ1) is 14.8. The lowest BCUT2D eigenvalue weighted by Gasteiger charge is -2.18. The van der Waals surface area contributed by atoms with Crippen LogP contribution in [0.1, 0.15) is 31.9 Å². The highest BCUT2D eigenvalue weighted by atomic mass is 79.9. The molecule has 0 amide bonds. The van der Waals surface area contributed by atoms with Crippen LogP contribution in [0.25, 0.3) is 0 Å². The van der Waals surface area contributed by atoms with Gasteiger partial charge in [-0.3, -0.25) is 5.32 Å². The smallest absolute Gasteiger partial charge is 0.172 e. The molecule has 4 nitrogen and oxygen atoms in total. The molecule has 1 aromatic rings. The van der Waals surface area contributed by atoms with Crippen molar-refractivity contribution in [3.05, 3.63) is 22.2 Å². The predicted octanol–water partition coefficient (Wildman–Crippen LogP) is 3.12. The van der Waals surface area contributed by atoms with Gasteiger partial charge in [0, 0.05) is 6.04 Å². The number of halogens is 1. The fraction of sp³-hybridized carbons (Fsp3) is 0.462. The van der Waals surface area contributed by atoms with Crippen LogP contribution in [0.3, 0.4) is 0 Å². The Kier molecular flexibility index (Phi) is 5.45. The Bertz CT molecular complexity index is 457. The number of ether oxygens (including phenoxy) is 1. The third kappa shape index (κ3) is 3.37. The van der Waals surface area contributed by atoms with Crippen LogP contribution in [-0.4, -0.2) is 18.3 Å². The van der Waals surface area contributed by atoms with E-state index in [1.54, 1.807) is 12.1 Å². The quantitative estimate of drug-likeness (QED) is 0.876. The SMILES string of the molecule is CCC(C)NC(C#N)c1cc(Br)c(O)c(OC)c1. The standard InChI is InChI=1S/C13H17BrN2O2/c1-4-8(2)16-11(7-15)9-5-10(14)13(17)12(6-9)18-3/h5-6,8,11,16-17H,4H2,1-3H3. The van der Waals surface area contributed by atoms with Crippen LogP contribution in [0, 0.1) is 11.3 Å². The van der Waals surface area contributed by atoms with Gasteiger partial charge in [-0.15, -0.1) is 0 Å². The molecule has 0 heterocycles. The Hall–Kier alpha value is -1.25. The van der Waals surface area contributed by atoms with E-state index < -0.39 is 6.04 Å². The van der Waals surface area contributed by atoms with Gasteiger partial charge < -0.3 is 9.84 Å². The number of nitrogens with zero attached hydrogens (tertiary/aromatic N) is 1. The number of methoxy groups -OCH3 is 1. The summed E-state index contributed by atoms with van der Waals surface area (Å²) in [7, 11) is 1.48. The van der Waals surface area contributed by atoms with Gasteiger partial charge in [-0.2, -0.15) is 5.26 Å². The number of nitrogens with one attached hydrogen (secondary N) is 1. The highest BCUT2D eigenvalue weighted by molar-refractivity contribution is 9.10. The first-order chi connectivity index (χ1) is 8.53. The molecule has 0 aromatic heterocycles. The molecule has 0 aliphatic carbocycles. The van der Waals surface area contributed by atoms with E-state index in [2.05, 4.69) is 34.2 Å². The third-order valence-corrected chi connectivity index (χ3v) is 3.40. The van der Waals surface area contributed by atoms with Gasteiger partial charge in [-0.25, -0.2) is 0 Å². The number of phenolic OH excluding ortho intramolecular Hbond substituents is 1. The minimum absolute atomic E-state index is 0.0430. The molecule has 0 fully saturated rings. The van der Waals surface area contributed by atoms with E-state index in [1.807, 2.05) is 6.92 Å². The van der Waals surface area contributed by atoms with Crippen LogP contribution in [0.15, 0.2) is 16.6 Å². The van der Waals surface area contributed by atoms with Crippen molar-refractivity contribution in [3.63, 3.8) is 0 Å². The van der Waals surface area contributed by atoms with Crippen molar-refractivity contribution in [2.24, 2.45) is 0 Å². The molecule has 0 radical (unpaired) electrons. The van der Waals surface area contributed by atoms with Crippen LogP contribution in [-0.2, 0) is 0 Å². The maximum Gasteiger partial charge on any atom is 0.172 e. The zero-order chi connectivity index (χ0) is 13.7. The second-order valence-electron chi connectivity index (χ2n) is 4.09. The van der Waals surface area contributed by atoms with E-state index in [0.717, 1.165) is 12.0 Å². The largest absolute Gasteiger partial charge is 0.503 e. The van der Waals surface area contributed by atoms with Gasteiger partial charge >= 0.3 is 0 Å². The zero-order valence-electron chi connectivity index (χ0n) is 10.7. The Morgan fingerprint density at radius 2 is 2.22 bits per heavy atom. The fourth-order valence-electron chi connectivity index (χ4n) is 1.53. The lowest BCUT2D eigenvalue weighted by molar-refractivity contribution is 0.370. The lowest BCUT2D eigenvalue weighted by Crippen LogP contribution is -2.29. The molecular formula is C13H17BrN2O2. The summed E-state index contributed by atoms with van der Waals surface area (Å²) in [5.41, 5.74) is 0.763. The summed E-state index contributed by atoms with van der Waals surface area (Å²) < 4.78 is 5.59. The number of nitriles is 1. The molecule has 2 N–H and O–H groups in total. The van der Waals surface area contributed by atoms with Crippen LogP contribution in [0.5, 0.6) is 11.5 Å². The summed E-state index contributed by atoms with van der Waals surface area (Å²) in [6.07, 6.45) is 0.939. The van der Waals surface area contributed by atoms with Crippen molar-refractivity contribution in [2.75, 3.05) is 7.11 Å². The Labute approximate surface area is 116 Å². The second-order valence-corrected chi connectivity index (χ2v) is 4.95. The average Bonchev–Trinajstić information content (AvgIpc) is 2.38.